The molecule has 0 fully saturated rings. The Balaban J connectivity index is 2.17. The summed E-state index contributed by atoms with van der Waals surface area (Å²) in [6.45, 7) is 7.12. The third kappa shape index (κ3) is 2.46. The zero-order chi connectivity index (χ0) is 12.4. The molecule has 1 aromatic heterocycles. The monoisotopic (exact) mass is 230 g/mol. The van der Waals surface area contributed by atoms with Gasteiger partial charge in [-0.15, -0.1) is 5.10 Å². The van der Waals surface area contributed by atoms with Crippen LogP contribution in [-0.4, -0.2) is 15.0 Å². The molecule has 0 saturated carbocycles. The molecular formula is C13H18N4. The lowest BCUT2D eigenvalue weighted by atomic mass is 10.1. The van der Waals surface area contributed by atoms with Crippen LogP contribution in [0, 0.1) is 20.8 Å². The first kappa shape index (κ1) is 11.6. The largest absolute Gasteiger partial charge is 0.379 e. The molecule has 4 nitrogen and oxygen atoms in total. The third-order valence-electron chi connectivity index (χ3n) is 2.93. The quantitative estimate of drug-likeness (QED) is 0.880. The number of nitrogens with one attached hydrogen (secondary N) is 1. The number of aryl methyl sites for hydroxylation is 4. The Labute approximate surface area is 102 Å². The van der Waals surface area contributed by atoms with Crippen LogP contribution < -0.4 is 5.32 Å². The fourth-order valence-corrected chi connectivity index (χ4v) is 2.11. The topological polar surface area (TPSA) is 42.7 Å². The summed E-state index contributed by atoms with van der Waals surface area (Å²) in [7, 11) is 1.90. The highest BCUT2D eigenvalue weighted by atomic mass is 15.4. The number of rotatable bonds is 3. The molecule has 0 saturated heterocycles. The van der Waals surface area contributed by atoms with Crippen LogP contribution in [0.5, 0.6) is 0 Å². The lowest BCUT2D eigenvalue weighted by Gasteiger charge is -2.13. The van der Waals surface area contributed by atoms with Crippen LogP contribution in [0.4, 0.5) is 5.69 Å². The van der Waals surface area contributed by atoms with E-state index in [0.717, 1.165) is 12.2 Å². The van der Waals surface area contributed by atoms with E-state index < -0.39 is 0 Å². The first-order valence-corrected chi connectivity index (χ1v) is 5.73. The highest BCUT2D eigenvalue weighted by Gasteiger charge is 2.05. The first-order valence-electron chi connectivity index (χ1n) is 5.73. The van der Waals surface area contributed by atoms with Gasteiger partial charge in [0.2, 0.25) is 0 Å². The van der Waals surface area contributed by atoms with Crippen LogP contribution >= 0.6 is 0 Å². The Kier molecular flexibility index (Phi) is 3.13. The predicted molar refractivity (Wildman–Crippen MR) is 69.0 cm³/mol. The van der Waals surface area contributed by atoms with Crippen molar-refractivity contribution in [1.29, 1.82) is 0 Å². The molecule has 2 aromatic rings. The lowest BCUT2D eigenvalue weighted by molar-refractivity contribution is 0.683. The smallest absolute Gasteiger partial charge is 0.0774 e. The molecule has 0 aliphatic heterocycles. The van der Waals surface area contributed by atoms with Gasteiger partial charge in [0.05, 0.1) is 18.4 Å². The average molecular weight is 230 g/mol. The molecule has 0 amide bonds. The van der Waals surface area contributed by atoms with Gasteiger partial charge in [-0.2, -0.15) is 0 Å². The molecule has 17 heavy (non-hydrogen) atoms. The number of aromatic nitrogens is 3. The number of nitrogens with zero attached hydrogens (tertiary/aromatic N) is 3. The molecule has 90 valence electrons. The fraction of sp³-hybridized carbons (Fsp3) is 0.385. The van der Waals surface area contributed by atoms with Crippen LogP contribution in [0.15, 0.2) is 18.3 Å². The minimum atomic E-state index is 0.744. The molecule has 1 aromatic carbocycles. The molecule has 2 rings (SSSR count). The van der Waals surface area contributed by atoms with Crippen LogP contribution in [0.1, 0.15) is 22.4 Å². The van der Waals surface area contributed by atoms with Crippen LogP contribution in [0.3, 0.4) is 0 Å². The Morgan fingerprint density at radius 3 is 2.35 bits per heavy atom. The normalized spacial score (nSPS) is 10.6. The van der Waals surface area contributed by atoms with Gasteiger partial charge in [-0.25, -0.2) is 0 Å². The molecule has 1 N–H and O–H groups in total. The molecule has 0 spiro atoms. The maximum absolute atomic E-state index is 3.91. The van der Waals surface area contributed by atoms with E-state index in [0.29, 0.717) is 0 Å². The van der Waals surface area contributed by atoms with Gasteiger partial charge >= 0.3 is 0 Å². The van der Waals surface area contributed by atoms with E-state index in [1.807, 2.05) is 7.05 Å². The van der Waals surface area contributed by atoms with Crippen LogP contribution in [0.25, 0.3) is 0 Å². The summed E-state index contributed by atoms with van der Waals surface area (Å²) in [5.74, 6) is 0. The molecule has 0 aliphatic rings. The molecule has 0 aliphatic carbocycles. The van der Waals surface area contributed by atoms with E-state index in [-0.39, 0.29) is 0 Å². The second-order valence-corrected chi connectivity index (χ2v) is 4.48. The van der Waals surface area contributed by atoms with Crippen molar-refractivity contribution in [3.05, 3.63) is 40.7 Å². The summed E-state index contributed by atoms with van der Waals surface area (Å²) in [4.78, 5) is 0. The van der Waals surface area contributed by atoms with E-state index in [9.17, 15) is 0 Å². The van der Waals surface area contributed by atoms with Crippen molar-refractivity contribution in [2.75, 3.05) is 5.32 Å². The Morgan fingerprint density at radius 2 is 1.82 bits per heavy atom. The van der Waals surface area contributed by atoms with Gasteiger partial charge in [0, 0.05) is 12.7 Å². The molecule has 0 bridgehead atoms. The standard InChI is InChI=1S/C13H18N4/c1-9-5-10(2)13(11(3)6-9)14-7-12-8-15-16-17(12)4/h5-6,8,14H,7H2,1-4H3. The summed E-state index contributed by atoms with van der Waals surface area (Å²) in [6.07, 6.45) is 1.78. The molecule has 0 atom stereocenters. The molecule has 0 unspecified atom stereocenters. The van der Waals surface area contributed by atoms with Crippen molar-refractivity contribution in [1.82, 2.24) is 15.0 Å². The van der Waals surface area contributed by atoms with E-state index in [1.165, 1.54) is 22.4 Å². The van der Waals surface area contributed by atoms with Crippen molar-refractivity contribution in [2.45, 2.75) is 27.3 Å². The summed E-state index contributed by atoms with van der Waals surface area (Å²) in [5.41, 5.74) is 6.13. The van der Waals surface area contributed by atoms with Crippen molar-refractivity contribution in [2.24, 2.45) is 7.05 Å². The fourth-order valence-electron chi connectivity index (χ4n) is 2.11. The summed E-state index contributed by atoms with van der Waals surface area (Å²) < 4.78 is 1.78. The summed E-state index contributed by atoms with van der Waals surface area (Å²) in [5, 5.41) is 11.2. The number of benzene rings is 1. The number of hydrogen-bond donors (Lipinski definition) is 1. The van der Waals surface area contributed by atoms with Crippen LogP contribution in [0.2, 0.25) is 0 Å². The van der Waals surface area contributed by atoms with Crippen molar-refractivity contribution < 1.29 is 0 Å². The molecule has 0 radical (unpaired) electrons. The third-order valence-corrected chi connectivity index (χ3v) is 2.93. The van der Waals surface area contributed by atoms with Crippen molar-refractivity contribution in [3.8, 4) is 0 Å². The number of anilines is 1. The lowest BCUT2D eigenvalue weighted by Crippen LogP contribution is -2.07. The van der Waals surface area contributed by atoms with Gasteiger partial charge < -0.3 is 5.32 Å². The van der Waals surface area contributed by atoms with Gasteiger partial charge in [-0.05, 0) is 31.9 Å². The van der Waals surface area contributed by atoms with E-state index in [1.54, 1.807) is 10.9 Å². The van der Waals surface area contributed by atoms with Crippen LogP contribution in [-0.2, 0) is 13.6 Å². The minimum absolute atomic E-state index is 0.744. The summed E-state index contributed by atoms with van der Waals surface area (Å²) >= 11 is 0. The van der Waals surface area contributed by atoms with E-state index in [4.69, 9.17) is 0 Å². The summed E-state index contributed by atoms with van der Waals surface area (Å²) in [6, 6.07) is 4.38. The second kappa shape index (κ2) is 4.57. The number of hydrogen-bond acceptors (Lipinski definition) is 3. The van der Waals surface area contributed by atoms with E-state index in [2.05, 4.69) is 48.5 Å². The first-order chi connectivity index (χ1) is 8.08. The highest BCUT2D eigenvalue weighted by Crippen LogP contribution is 2.22. The molecule has 1 heterocycles. The Bertz CT molecular complexity index is 505. The zero-order valence-electron chi connectivity index (χ0n) is 10.8. The highest BCUT2D eigenvalue weighted by molar-refractivity contribution is 5.58. The van der Waals surface area contributed by atoms with Crippen molar-refractivity contribution in [3.63, 3.8) is 0 Å². The maximum atomic E-state index is 3.91. The van der Waals surface area contributed by atoms with Gasteiger partial charge in [0.1, 0.15) is 0 Å². The SMILES string of the molecule is Cc1cc(C)c(NCc2cnnn2C)c(C)c1. The maximum Gasteiger partial charge on any atom is 0.0774 e. The Morgan fingerprint density at radius 1 is 1.18 bits per heavy atom. The minimum Gasteiger partial charge on any atom is -0.379 e. The molecular weight excluding hydrogens is 212 g/mol. The predicted octanol–water partition coefficient (Wildman–Crippen LogP) is 2.35. The van der Waals surface area contributed by atoms with Crippen molar-refractivity contribution >= 4 is 5.69 Å². The average Bonchev–Trinajstić information content (AvgIpc) is 2.62. The zero-order valence-corrected chi connectivity index (χ0v) is 10.8. The molecule has 4 heteroatoms. The second-order valence-electron chi connectivity index (χ2n) is 4.48. The van der Waals surface area contributed by atoms with Gasteiger partial charge in [0.25, 0.3) is 0 Å². The van der Waals surface area contributed by atoms with Gasteiger partial charge in [-0.3, -0.25) is 4.68 Å². The van der Waals surface area contributed by atoms with Gasteiger partial charge in [0.15, 0.2) is 0 Å². The van der Waals surface area contributed by atoms with Gasteiger partial charge in [-0.1, -0.05) is 22.9 Å². The van der Waals surface area contributed by atoms with E-state index >= 15 is 0 Å². The Hall–Kier alpha value is -1.84.